The Kier molecular flexibility index (Phi) is 3.53. The smallest absolute Gasteiger partial charge is 0.231 e. The predicted molar refractivity (Wildman–Crippen MR) is 94.4 cm³/mol. The molecule has 1 atom stereocenters. The Morgan fingerprint density at radius 1 is 1.42 bits per heavy atom. The number of amides is 1. The van der Waals surface area contributed by atoms with Crippen molar-refractivity contribution in [3.05, 3.63) is 52.3 Å². The molecule has 5 nitrogen and oxygen atoms in total. The average molecular weight is 341 g/mol. The fourth-order valence-electron chi connectivity index (χ4n) is 3.49. The van der Waals surface area contributed by atoms with Crippen molar-refractivity contribution in [2.45, 2.75) is 25.7 Å². The number of benzene rings is 1. The van der Waals surface area contributed by atoms with Crippen LogP contribution in [0, 0.1) is 6.92 Å². The summed E-state index contributed by atoms with van der Waals surface area (Å²) < 4.78 is 1.74. The first-order chi connectivity index (χ1) is 11.5. The number of pyridine rings is 1. The number of nitrogens with zero attached hydrogens (tertiary/aromatic N) is 3. The minimum atomic E-state index is -0.163. The van der Waals surface area contributed by atoms with Gasteiger partial charge in [-0.15, -0.1) is 0 Å². The summed E-state index contributed by atoms with van der Waals surface area (Å²) in [6.45, 7) is 1.94. The number of rotatable bonds is 2. The van der Waals surface area contributed by atoms with E-state index in [2.05, 4.69) is 15.4 Å². The largest absolute Gasteiger partial charge is 0.324 e. The van der Waals surface area contributed by atoms with Gasteiger partial charge in [0.05, 0.1) is 23.5 Å². The van der Waals surface area contributed by atoms with Gasteiger partial charge in [-0.3, -0.25) is 9.48 Å². The molecule has 3 aromatic rings. The lowest BCUT2D eigenvalue weighted by Gasteiger charge is -2.12. The van der Waals surface area contributed by atoms with Crippen LogP contribution in [0.1, 0.15) is 29.2 Å². The van der Waals surface area contributed by atoms with Gasteiger partial charge in [0.15, 0.2) is 5.65 Å². The molecule has 122 valence electrons. The van der Waals surface area contributed by atoms with Crippen molar-refractivity contribution in [3.8, 4) is 0 Å². The van der Waals surface area contributed by atoms with Gasteiger partial charge in [-0.25, -0.2) is 4.98 Å². The normalized spacial score (nSPS) is 16.4. The molecule has 24 heavy (non-hydrogen) atoms. The maximum Gasteiger partial charge on any atom is 0.231 e. The van der Waals surface area contributed by atoms with E-state index < -0.39 is 0 Å². The molecule has 1 N–H and O–H groups in total. The van der Waals surface area contributed by atoms with Crippen LogP contribution in [0.4, 0.5) is 5.69 Å². The lowest BCUT2D eigenvalue weighted by molar-refractivity contribution is -0.117. The van der Waals surface area contributed by atoms with E-state index in [0.29, 0.717) is 5.69 Å². The Bertz CT molecular complexity index is 963. The second kappa shape index (κ2) is 5.60. The Labute approximate surface area is 144 Å². The van der Waals surface area contributed by atoms with Crippen LogP contribution in [0.2, 0.25) is 5.02 Å². The van der Waals surface area contributed by atoms with Crippen LogP contribution in [0.5, 0.6) is 0 Å². The maximum absolute atomic E-state index is 12.7. The maximum atomic E-state index is 12.7. The van der Waals surface area contributed by atoms with Crippen molar-refractivity contribution >= 4 is 34.2 Å². The molecule has 0 radical (unpaired) electrons. The third-order valence-corrected chi connectivity index (χ3v) is 5.01. The van der Waals surface area contributed by atoms with Crippen LogP contribution < -0.4 is 5.32 Å². The molecule has 0 saturated carbocycles. The van der Waals surface area contributed by atoms with Gasteiger partial charge in [0, 0.05) is 17.5 Å². The van der Waals surface area contributed by atoms with E-state index in [1.54, 1.807) is 10.9 Å². The number of halogens is 1. The van der Waals surface area contributed by atoms with Gasteiger partial charge < -0.3 is 5.32 Å². The molecule has 1 unspecified atom stereocenters. The molecule has 6 heteroatoms. The summed E-state index contributed by atoms with van der Waals surface area (Å²) in [6.07, 6.45) is 3.30. The van der Waals surface area contributed by atoms with Crippen LogP contribution in [0.15, 0.2) is 30.5 Å². The molecule has 1 amide bonds. The number of hydrogen-bond donors (Lipinski definition) is 1. The number of hydrogen-bond acceptors (Lipinski definition) is 3. The van der Waals surface area contributed by atoms with E-state index in [1.165, 1.54) is 0 Å². The zero-order chi connectivity index (χ0) is 16.8. The molecule has 0 bridgehead atoms. The fraction of sp³-hybridized carbons (Fsp3) is 0.278. The van der Waals surface area contributed by atoms with Crippen LogP contribution in [0.3, 0.4) is 0 Å². The molecule has 4 rings (SSSR count). The number of nitrogens with one attached hydrogen (secondary N) is 1. The summed E-state index contributed by atoms with van der Waals surface area (Å²) >= 11 is 6.23. The van der Waals surface area contributed by atoms with E-state index in [9.17, 15) is 4.79 Å². The highest BCUT2D eigenvalue weighted by Gasteiger charge is 2.29. The van der Waals surface area contributed by atoms with Crippen molar-refractivity contribution in [3.63, 3.8) is 0 Å². The molecule has 0 fully saturated rings. The minimum Gasteiger partial charge on any atom is -0.324 e. The summed E-state index contributed by atoms with van der Waals surface area (Å²) in [5.74, 6) is -0.178. The van der Waals surface area contributed by atoms with Gasteiger partial charge in [0.2, 0.25) is 5.91 Å². The summed E-state index contributed by atoms with van der Waals surface area (Å²) in [6, 6.07) is 7.70. The second-order valence-electron chi connectivity index (χ2n) is 6.19. The summed E-state index contributed by atoms with van der Waals surface area (Å²) in [7, 11) is 1.86. The molecule has 1 aliphatic rings. The molecular weight excluding hydrogens is 324 g/mol. The Balaban J connectivity index is 1.62. The van der Waals surface area contributed by atoms with Crippen LogP contribution in [0.25, 0.3) is 11.0 Å². The molecule has 1 aliphatic carbocycles. The number of fused-ring (bicyclic) bond motifs is 2. The Morgan fingerprint density at radius 2 is 2.25 bits per heavy atom. The molecular formula is C18H17ClN4O. The zero-order valence-electron chi connectivity index (χ0n) is 13.5. The lowest BCUT2D eigenvalue weighted by atomic mass is 10.0. The van der Waals surface area contributed by atoms with Gasteiger partial charge in [0.25, 0.3) is 0 Å². The Morgan fingerprint density at radius 3 is 3.08 bits per heavy atom. The van der Waals surface area contributed by atoms with E-state index in [4.69, 9.17) is 11.6 Å². The van der Waals surface area contributed by atoms with E-state index in [1.807, 2.05) is 38.2 Å². The third kappa shape index (κ3) is 2.36. The van der Waals surface area contributed by atoms with Gasteiger partial charge in [-0.05, 0) is 43.0 Å². The van der Waals surface area contributed by atoms with Crippen LogP contribution >= 0.6 is 11.6 Å². The highest BCUT2D eigenvalue weighted by atomic mass is 35.5. The van der Waals surface area contributed by atoms with Crippen LogP contribution in [-0.4, -0.2) is 20.7 Å². The molecule has 0 spiro atoms. The first kappa shape index (κ1) is 15.1. The topological polar surface area (TPSA) is 59.8 Å². The number of aromatic nitrogens is 3. The van der Waals surface area contributed by atoms with Crippen molar-refractivity contribution in [1.29, 1.82) is 0 Å². The highest BCUT2D eigenvalue weighted by molar-refractivity contribution is 6.31. The van der Waals surface area contributed by atoms with Gasteiger partial charge >= 0.3 is 0 Å². The van der Waals surface area contributed by atoms with E-state index >= 15 is 0 Å². The monoisotopic (exact) mass is 340 g/mol. The van der Waals surface area contributed by atoms with Crippen molar-refractivity contribution < 1.29 is 4.79 Å². The molecule has 0 aliphatic heterocycles. The van der Waals surface area contributed by atoms with Crippen molar-refractivity contribution in [2.75, 3.05) is 5.32 Å². The van der Waals surface area contributed by atoms with Gasteiger partial charge in [-0.1, -0.05) is 23.7 Å². The molecule has 2 heterocycles. The van der Waals surface area contributed by atoms with Gasteiger partial charge in [0.1, 0.15) is 0 Å². The first-order valence-electron chi connectivity index (χ1n) is 7.92. The van der Waals surface area contributed by atoms with Crippen molar-refractivity contribution in [1.82, 2.24) is 14.8 Å². The standard InChI is InChI=1S/C18H17ClN4O/c1-10-15-8-11(9-20-17(15)23(2)22-10)21-18(24)14-7-6-13-12(14)4-3-5-16(13)19/h3-5,8-9,14H,6-7H2,1-2H3,(H,21,24). The predicted octanol–water partition coefficient (Wildman–Crippen LogP) is 3.60. The summed E-state index contributed by atoms with van der Waals surface area (Å²) in [5.41, 5.74) is 4.53. The van der Waals surface area contributed by atoms with E-state index in [-0.39, 0.29) is 11.8 Å². The van der Waals surface area contributed by atoms with E-state index in [0.717, 1.165) is 45.7 Å². The first-order valence-corrected chi connectivity index (χ1v) is 8.30. The number of carbonyl (C=O) groups excluding carboxylic acids is 1. The van der Waals surface area contributed by atoms with Gasteiger partial charge in [-0.2, -0.15) is 5.10 Å². The fourth-order valence-corrected chi connectivity index (χ4v) is 3.76. The van der Waals surface area contributed by atoms with Crippen LogP contribution in [-0.2, 0) is 18.3 Å². The molecule has 1 aromatic carbocycles. The quantitative estimate of drug-likeness (QED) is 0.775. The number of aryl methyl sites for hydroxylation is 2. The number of carbonyl (C=O) groups is 1. The average Bonchev–Trinajstić information content (AvgIpc) is 3.10. The van der Waals surface area contributed by atoms with Crippen molar-refractivity contribution in [2.24, 2.45) is 7.05 Å². The molecule has 0 saturated heterocycles. The third-order valence-electron chi connectivity index (χ3n) is 4.66. The Hall–Kier alpha value is -2.40. The SMILES string of the molecule is Cc1nn(C)c2ncc(NC(=O)C3CCc4c(Cl)cccc43)cc12. The minimum absolute atomic E-state index is 0.0151. The summed E-state index contributed by atoms with van der Waals surface area (Å²) in [5, 5.41) is 9.04. The molecule has 2 aromatic heterocycles. The lowest BCUT2D eigenvalue weighted by Crippen LogP contribution is -2.19. The highest BCUT2D eigenvalue weighted by Crippen LogP contribution is 2.37. The number of anilines is 1. The second-order valence-corrected chi connectivity index (χ2v) is 6.60. The zero-order valence-corrected chi connectivity index (χ0v) is 14.3. The summed E-state index contributed by atoms with van der Waals surface area (Å²) in [4.78, 5) is 17.1.